The summed E-state index contributed by atoms with van der Waals surface area (Å²) >= 11 is 0. The first-order chi connectivity index (χ1) is 14.6. The minimum Gasteiger partial charge on any atom is -0.455 e. The third-order valence-corrected chi connectivity index (χ3v) is 5.08. The molecule has 2 heteroatoms. The van der Waals surface area contributed by atoms with E-state index >= 15 is 0 Å². The Morgan fingerprint density at radius 1 is 0.963 bits per heavy atom. The van der Waals surface area contributed by atoms with Crippen LogP contribution in [-0.2, 0) is 0 Å². The van der Waals surface area contributed by atoms with Crippen molar-refractivity contribution < 1.29 is 9.90 Å². The Morgan fingerprint density at radius 3 is 2.56 bits per heavy atom. The Balaban J connectivity index is 1.78. The second-order valence-corrected chi connectivity index (χ2v) is 7.09. The third kappa shape index (κ3) is 2.52. The smallest absolute Gasteiger partial charge is 0.144 e. The summed E-state index contributed by atoms with van der Waals surface area (Å²) in [5.41, 5.74) is 3.42. The number of furan rings is 1. The van der Waals surface area contributed by atoms with Crippen LogP contribution in [0.5, 0.6) is 0 Å². The minimum absolute atomic E-state index is 0.110. The number of pyridine rings is 1. The molecule has 0 bridgehead atoms. The van der Waals surface area contributed by atoms with E-state index in [1.54, 1.807) is 19.9 Å². The second kappa shape index (κ2) is 5.95. The van der Waals surface area contributed by atoms with E-state index in [0.29, 0.717) is 16.8 Å². The maximum absolute atomic E-state index is 8.49. The minimum atomic E-state index is -2.33. The molecule has 0 aliphatic heterocycles. The van der Waals surface area contributed by atoms with Crippen LogP contribution in [0, 0.1) is 6.85 Å². The summed E-state index contributed by atoms with van der Waals surface area (Å²) < 4.78 is 38.3. The van der Waals surface area contributed by atoms with Crippen LogP contribution in [-0.4, -0.2) is 4.98 Å². The molecule has 2 aromatic heterocycles. The molecule has 27 heavy (non-hydrogen) atoms. The van der Waals surface area contributed by atoms with E-state index in [-0.39, 0.29) is 5.56 Å². The van der Waals surface area contributed by atoms with Crippen molar-refractivity contribution >= 4 is 32.7 Å². The Bertz CT molecular complexity index is 1460. The van der Waals surface area contributed by atoms with Crippen LogP contribution in [0.4, 0.5) is 0 Å². The van der Waals surface area contributed by atoms with Gasteiger partial charge in [0, 0.05) is 28.0 Å². The topological polar surface area (TPSA) is 26.0 Å². The number of hydrogen-bond acceptors (Lipinski definition) is 2. The van der Waals surface area contributed by atoms with Crippen LogP contribution in [0.1, 0.15) is 36.4 Å². The molecule has 0 unspecified atom stereocenters. The second-order valence-electron chi connectivity index (χ2n) is 7.09. The molecule has 2 nitrogen and oxygen atoms in total. The molecule has 0 aliphatic rings. The van der Waals surface area contributed by atoms with Crippen molar-refractivity contribution in [3.8, 4) is 11.3 Å². The molecule has 0 saturated heterocycles. The van der Waals surface area contributed by atoms with Gasteiger partial charge in [0.05, 0.1) is 5.69 Å². The monoisotopic (exact) mass is 355 g/mol. The summed E-state index contributed by atoms with van der Waals surface area (Å²) in [6, 6.07) is 19.9. The van der Waals surface area contributed by atoms with Gasteiger partial charge in [-0.05, 0) is 58.9 Å². The summed E-state index contributed by atoms with van der Waals surface area (Å²) in [5.74, 6) is -1.08. The molecular formula is C25H21NO. The van der Waals surface area contributed by atoms with Crippen LogP contribution >= 0.6 is 0 Å². The quantitative estimate of drug-likeness (QED) is 0.334. The predicted octanol–water partition coefficient (Wildman–Crippen LogP) is 7.23. The number of rotatable bonds is 2. The van der Waals surface area contributed by atoms with Gasteiger partial charge in [0.15, 0.2) is 0 Å². The van der Waals surface area contributed by atoms with Crippen molar-refractivity contribution in [1.82, 2.24) is 4.98 Å². The van der Waals surface area contributed by atoms with Gasteiger partial charge in [-0.15, -0.1) is 0 Å². The predicted molar refractivity (Wildman–Crippen MR) is 113 cm³/mol. The molecule has 3 aromatic carbocycles. The van der Waals surface area contributed by atoms with E-state index < -0.39 is 12.7 Å². The largest absolute Gasteiger partial charge is 0.455 e. The lowest BCUT2D eigenvalue weighted by Gasteiger charge is -2.11. The zero-order valence-electron chi connectivity index (χ0n) is 19.2. The molecule has 0 fully saturated rings. The van der Waals surface area contributed by atoms with Gasteiger partial charge in [0.2, 0.25) is 0 Å². The molecule has 2 heterocycles. The molecule has 0 saturated carbocycles. The Morgan fingerprint density at radius 2 is 1.78 bits per heavy atom. The van der Waals surface area contributed by atoms with E-state index in [2.05, 4.69) is 23.2 Å². The molecule has 5 aromatic rings. The zero-order chi connectivity index (χ0) is 22.0. The van der Waals surface area contributed by atoms with Gasteiger partial charge in [-0.3, -0.25) is 4.98 Å². The maximum atomic E-state index is 8.49. The average Bonchev–Trinajstić information content (AvgIpc) is 3.08. The number of para-hydroxylation sites is 1. The van der Waals surface area contributed by atoms with Crippen LogP contribution in [0.3, 0.4) is 0 Å². The molecule has 5 rings (SSSR count). The van der Waals surface area contributed by atoms with Gasteiger partial charge in [-0.2, -0.15) is 0 Å². The summed E-state index contributed by atoms with van der Waals surface area (Å²) in [5, 5.41) is 4.25. The van der Waals surface area contributed by atoms with Crippen LogP contribution in [0.15, 0.2) is 71.3 Å². The van der Waals surface area contributed by atoms with E-state index in [1.165, 1.54) is 6.20 Å². The average molecular weight is 355 g/mol. The number of nitrogens with zero attached hydrogens (tertiary/aromatic N) is 1. The molecule has 0 radical (unpaired) electrons. The van der Waals surface area contributed by atoms with Crippen molar-refractivity contribution in [2.45, 2.75) is 26.6 Å². The molecule has 0 amide bonds. The van der Waals surface area contributed by atoms with Gasteiger partial charge in [0.1, 0.15) is 11.2 Å². The zero-order valence-corrected chi connectivity index (χ0v) is 15.2. The van der Waals surface area contributed by atoms with E-state index in [4.69, 9.17) is 9.90 Å². The molecular weight excluding hydrogens is 330 g/mol. The molecule has 0 N–H and O–H groups in total. The standard InChI is InChI=1S/C25H21NO/c1-15(2)21-13-23(26-14-16(21)3)20-10-6-9-19-22-11-17-7-4-5-8-18(17)12-24(22)27-25(19)20/h4-15H,1-3H3/i3D3,15D. The highest BCUT2D eigenvalue weighted by atomic mass is 16.3. The first kappa shape index (κ1) is 12.3. The lowest BCUT2D eigenvalue weighted by Crippen LogP contribution is -1.95. The molecule has 0 atom stereocenters. The normalized spacial score (nSPS) is 14.9. The maximum Gasteiger partial charge on any atom is 0.144 e. The van der Waals surface area contributed by atoms with Crippen LogP contribution < -0.4 is 0 Å². The Labute approximate surface area is 164 Å². The first-order valence-corrected chi connectivity index (χ1v) is 8.98. The van der Waals surface area contributed by atoms with Crippen molar-refractivity contribution in [3.63, 3.8) is 0 Å². The lowest BCUT2D eigenvalue weighted by molar-refractivity contribution is 0.670. The summed E-state index contributed by atoms with van der Waals surface area (Å²) in [7, 11) is 0. The Hall–Kier alpha value is -3.13. The number of benzene rings is 3. The highest BCUT2D eigenvalue weighted by molar-refractivity contribution is 6.13. The van der Waals surface area contributed by atoms with Crippen molar-refractivity contribution in [1.29, 1.82) is 0 Å². The summed E-state index contributed by atoms with van der Waals surface area (Å²) in [6.07, 6.45) is 1.38. The molecule has 132 valence electrons. The van der Waals surface area contributed by atoms with Crippen LogP contribution in [0.25, 0.3) is 44.0 Å². The molecule has 0 spiro atoms. The van der Waals surface area contributed by atoms with E-state index in [0.717, 1.165) is 32.7 Å². The van der Waals surface area contributed by atoms with Gasteiger partial charge in [0.25, 0.3) is 0 Å². The van der Waals surface area contributed by atoms with Crippen LogP contribution in [0.2, 0.25) is 0 Å². The number of aryl methyl sites for hydroxylation is 1. The first-order valence-electron chi connectivity index (χ1n) is 11.0. The van der Waals surface area contributed by atoms with E-state index in [9.17, 15) is 0 Å². The SMILES string of the molecule is [2H]C([2H])([2H])c1cnc(-c2cccc3c2oc2cc4ccccc4cc23)cc1C([2H])(C)C. The van der Waals surface area contributed by atoms with Gasteiger partial charge in [-0.1, -0.05) is 50.2 Å². The summed E-state index contributed by atoms with van der Waals surface area (Å²) in [6.45, 7) is 1.05. The summed E-state index contributed by atoms with van der Waals surface area (Å²) in [4.78, 5) is 4.46. The van der Waals surface area contributed by atoms with Crippen molar-refractivity contribution in [3.05, 3.63) is 78.0 Å². The molecule has 0 aliphatic carbocycles. The Kier molecular flexibility index (Phi) is 2.71. The fourth-order valence-electron chi connectivity index (χ4n) is 3.70. The third-order valence-electron chi connectivity index (χ3n) is 5.08. The van der Waals surface area contributed by atoms with Gasteiger partial charge >= 0.3 is 0 Å². The fraction of sp³-hybridized carbons (Fsp3) is 0.160. The van der Waals surface area contributed by atoms with Crippen molar-refractivity contribution in [2.75, 3.05) is 0 Å². The number of fused-ring (bicyclic) bond motifs is 4. The highest BCUT2D eigenvalue weighted by Gasteiger charge is 2.15. The van der Waals surface area contributed by atoms with E-state index in [1.807, 2.05) is 36.4 Å². The highest BCUT2D eigenvalue weighted by Crippen LogP contribution is 2.37. The lowest BCUT2D eigenvalue weighted by atomic mass is 9.97. The number of hydrogen-bond donors (Lipinski definition) is 0. The fourth-order valence-corrected chi connectivity index (χ4v) is 3.70. The number of aromatic nitrogens is 1. The van der Waals surface area contributed by atoms with Gasteiger partial charge < -0.3 is 4.42 Å². The van der Waals surface area contributed by atoms with Crippen molar-refractivity contribution in [2.24, 2.45) is 0 Å². The van der Waals surface area contributed by atoms with Gasteiger partial charge in [-0.25, -0.2) is 0 Å².